The van der Waals surface area contributed by atoms with Crippen LogP contribution in [0.3, 0.4) is 0 Å². The van der Waals surface area contributed by atoms with Gasteiger partial charge in [0.1, 0.15) is 17.5 Å². The quantitative estimate of drug-likeness (QED) is 0.473. The Morgan fingerprint density at radius 3 is 2.73 bits per heavy atom. The van der Waals surface area contributed by atoms with E-state index in [0.717, 1.165) is 18.7 Å². The second-order valence-corrected chi connectivity index (χ2v) is 13.2. The summed E-state index contributed by atoms with van der Waals surface area (Å²) in [5.74, 6) is 2.04. The van der Waals surface area contributed by atoms with E-state index in [2.05, 4.69) is 73.9 Å². The molecule has 0 bridgehead atoms. The molecule has 0 saturated carbocycles. The van der Waals surface area contributed by atoms with Gasteiger partial charge in [0.25, 0.3) is 0 Å². The molecule has 2 aliphatic rings. The normalized spacial score (nSPS) is 18.4. The van der Waals surface area contributed by atoms with Crippen molar-refractivity contribution >= 4 is 38.8 Å². The van der Waals surface area contributed by atoms with Gasteiger partial charge in [-0.15, -0.1) is 0 Å². The van der Waals surface area contributed by atoms with Crippen LogP contribution in [0.1, 0.15) is 54.9 Å². The van der Waals surface area contributed by atoms with Gasteiger partial charge in [-0.1, -0.05) is 6.07 Å². The molecule has 9 nitrogen and oxygen atoms in total. The maximum absolute atomic E-state index is 12.0. The summed E-state index contributed by atoms with van der Waals surface area (Å²) in [6.07, 6.45) is 8.07. The number of pyridine rings is 1. The van der Waals surface area contributed by atoms with Crippen molar-refractivity contribution in [3.63, 3.8) is 0 Å². The highest BCUT2D eigenvalue weighted by molar-refractivity contribution is 7.92. The molecular weight excluding hydrogens is 484 g/mol. The third-order valence-electron chi connectivity index (χ3n) is 7.34. The number of rotatable bonds is 5. The van der Waals surface area contributed by atoms with Crippen molar-refractivity contribution in [1.29, 1.82) is 5.26 Å². The Morgan fingerprint density at radius 2 is 1.97 bits per heavy atom. The zero-order valence-electron chi connectivity index (χ0n) is 21.9. The molecule has 3 heterocycles. The number of benzene rings is 1. The summed E-state index contributed by atoms with van der Waals surface area (Å²) in [6, 6.07) is 11.7. The van der Waals surface area contributed by atoms with E-state index >= 15 is 0 Å². The fraction of sp³-hybridized carbons (Fsp3) is 0.407. The van der Waals surface area contributed by atoms with E-state index < -0.39 is 9.73 Å². The summed E-state index contributed by atoms with van der Waals surface area (Å²) in [5, 5.41) is 16.1. The van der Waals surface area contributed by atoms with Gasteiger partial charge in [0.15, 0.2) is 11.6 Å². The predicted octanol–water partition coefficient (Wildman–Crippen LogP) is 5.23. The number of aryl methyl sites for hydroxylation is 1. The summed E-state index contributed by atoms with van der Waals surface area (Å²) >= 11 is 0. The van der Waals surface area contributed by atoms with E-state index in [1.807, 2.05) is 0 Å². The maximum Gasteiger partial charge on any atom is 0.229 e. The third kappa shape index (κ3) is 5.15. The summed E-state index contributed by atoms with van der Waals surface area (Å²) in [5.41, 5.74) is 5.64. The van der Waals surface area contributed by atoms with E-state index in [4.69, 9.17) is 0 Å². The third-order valence-corrected chi connectivity index (χ3v) is 7.97. The van der Waals surface area contributed by atoms with Gasteiger partial charge in [-0.25, -0.2) is 14.2 Å². The lowest BCUT2D eigenvalue weighted by atomic mass is 9.68. The molecule has 0 amide bonds. The number of anilines is 4. The highest BCUT2D eigenvalue weighted by atomic mass is 32.2. The van der Waals surface area contributed by atoms with Crippen LogP contribution in [0.4, 0.5) is 29.1 Å². The minimum Gasteiger partial charge on any atom is -0.324 e. The maximum atomic E-state index is 12.0. The number of hydrogen-bond donors (Lipinski definition) is 2. The van der Waals surface area contributed by atoms with E-state index in [9.17, 15) is 9.47 Å². The fourth-order valence-corrected chi connectivity index (χ4v) is 5.90. The molecular formula is C27H32N8OS. The number of nitrogens with one attached hydrogen (secondary N) is 2. The van der Waals surface area contributed by atoms with Gasteiger partial charge in [-0.2, -0.15) is 14.6 Å². The van der Waals surface area contributed by atoms with Crippen LogP contribution < -0.4 is 10.6 Å². The molecule has 5 rings (SSSR count). The highest BCUT2D eigenvalue weighted by Gasteiger charge is 2.42. The Morgan fingerprint density at radius 1 is 1.19 bits per heavy atom. The zero-order valence-corrected chi connectivity index (χ0v) is 22.7. The van der Waals surface area contributed by atoms with Crippen molar-refractivity contribution < 1.29 is 4.21 Å². The van der Waals surface area contributed by atoms with Crippen LogP contribution in [0.5, 0.6) is 0 Å². The molecule has 0 spiro atoms. The van der Waals surface area contributed by atoms with E-state index in [-0.39, 0.29) is 11.1 Å². The van der Waals surface area contributed by atoms with E-state index in [1.54, 1.807) is 30.7 Å². The summed E-state index contributed by atoms with van der Waals surface area (Å²) in [4.78, 5) is 15.8. The lowest BCUT2D eigenvalue weighted by Crippen LogP contribution is -2.50. The first kappa shape index (κ1) is 25.1. The van der Waals surface area contributed by atoms with Crippen molar-refractivity contribution in [2.24, 2.45) is 4.36 Å². The van der Waals surface area contributed by atoms with Crippen LogP contribution >= 0.6 is 0 Å². The molecule has 1 atom stereocenters. The number of nitriles is 1. The minimum atomic E-state index is -2.35. The average Bonchev–Trinajstić information content (AvgIpc) is 2.82. The van der Waals surface area contributed by atoms with Crippen LogP contribution in [-0.4, -0.2) is 49.2 Å². The van der Waals surface area contributed by atoms with Crippen LogP contribution in [0.2, 0.25) is 0 Å². The van der Waals surface area contributed by atoms with Crippen molar-refractivity contribution in [3.8, 4) is 6.07 Å². The van der Waals surface area contributed by atoms with Crippen LogP contribution in [0.15, 0.2) is 40.9 Å². The second-order valence-electron chi connectivity index (χ2n) is 10.6. The van der Waals surface area contributed by atoms with Crippen LogP contribution in [-0.2, 0) is 22.7 Å². The van der Waals surface area contributed by atoms with Gasteiger partial charge < -0.3 is 10.6 Å². The predicted molar refractivity (Wildman–Crippen MR) is 147 cm³/mol. The van der Waals surface area contributed by atoms with Crippen molar-refractivity contribution in [2.75, 3.05) is 30.2 Å². The topological polar surface area (TPSA) is 119 Å². The van der Waals surface area contributed by atoms with E-state index in [1.165, 1.54) is 35.7 Å². The number of likely N-dealkylation sites (N-methyl/N-ethyl adjacent to an activating group) is 1. The molecule has 1 aromatic carbocycles. The monoisotopic (exact) mass is 516 g/mol. The molecule has 37 heavy (non-hydrogen) atoms. The Bertz CT molecular complexity index is 1530. The zero-order chi connectivity index (χ0) is 26.4. The highest BCUT2D eigenvalue weighted by Crippen LogP contribution is 2.48. The Labute approximate surface area is 218 Å². The molecule has 1 aliphatic carbocycles. The minimum absolute atomic E-state index is 0.136. The standard InChI is InChI=1S/C27H32N8OS/c1-27(2)21-9-6-8-17-12-20(13-18(24(17)21)16-35(27)3)30-26-29-15-19(14-28)25(33-26)32-22-10-7-11-23(31-22)34-37(4,5)36/h7,10-13,15,21H,6,8-9,16H2,1-5H3,(H2,29,30,31,32,33)/t21-/m1/s1. The van der Waals surface area contributed by atoms with Gasteiger partial charge in [0.05, 0.1) is 6.20 Å². The largest absolute Gasteiger partial charge is 0.324 e. The molecule has 0 radical (unpaired) electrons. The lowest BCUT2D eigenvalue weighted by molar-refractivity contribution is 0.0910. The smallest absolute Gasteiger partial charge is 0.229 e. The SMILES string of the molecule is CN1Cc2cc(Nc3ncc(C#N)c(Nc4cccc(N=S(C)(C)=O)n4)n3)cc3c2[C@@H](CCC3)C1(C)C. The van der Waals surface area contributed by atoms with Gasteiger partial charge in [0, 0.05) is 45.9 Å². The van der Waals surface area contributed by atoms with Crippen molar-refractivity contribution in [2.45, 2.75) is 51.1 Å². The number of hydrogen-bond acceptors (Lipinski definition) is 9. The lowest BCUT2D eigenvalue weighted by Gasteiger charge is -2.49. The van der Waals surface area contributed by atoms with Gasteiger partial charge >= 0.3 is 0 Å². The molecule has 3 aromatic rings. The van der Waals surface area contributed by atoms with Gasteiger partial charge in [0.2, 0.25) is 5.95 Å². The second kappa shape index (κ2) is 9.39. The Balaban J connectivity index is 1.45. The molecule has 2 N–H and O–H groups in total. The molecule has 10 heteroatoms. The summed E-state index contributed by atoms with van der Waals surface area (Å²) in [6.45, 7) is 5.60. The van der Waals surface area contributed by atoms with Gasteiger partial charge in [-0.3, -0.25) is 4.90 Å². The Kier molecular flexibility index (Phi) is 6.38. The van der Waals surface area contributed by atoms with Crippen LogP contribution in [0.25, 0.3) is 0 Å². The van der Waals surface area contributed by atoms with E-state index in [0.29, 0.717) is 29.3 Å². The molecule has 192 valence electrons. The number of nitrogens with zero attached hydrogens (tertiary/aromatic N) is 6. The first-order valence-corrected chi connectivity index (χ1v) is 14.7. The molecule has 0 saturated heterocycles. The van der Waals surface area contributed by atoms with Gasteiger partial charge in [-0.05, 0) is 81.1 Å². The van der Waals surface area contributed by atoms with Crippen LogP contribution in [0, 0.1) is 11.3 Å². The summed E-state index contributed by atoms with van der Waals surface area (Å²) in [7, 11) is -0.146. The van der Waals surface area contributed by atoms with Crippen molar-refractivity contribution in [1.82, 2.24) is 19.9 Å². The molecule has 0 fully saturated rings. The first-order chi connectivity index (χ1) is 17.5. The number of aromatic nitrogens is 3. The average molecular weight is 517 g/mol. The molecule has 2 aromatic heterocycles. The summed E-state index contributed by atoms with van der Waals surface area (Å²) < 4.78 is 16.2. The van der Waals surface area contributed by atoms with Crippen molar-refractivity contribution in [3.05, 3.63) is 58.8 Å². The Hall–Kier alpha value is -3.55. The first-order valence-electron chi connectivity index (χ1n) is 12.4. The fourth-order valence-electron chi connectivity index (χ4n) is 5.35. The molecule has 1 aliphatic heterocycles. The molecule has 0 unspecified atom stereocenters.